The van der Waals surface area contributed by atoms with E-state index in [0.717, 1.165) is 49.9 Å². The molecular weight excluding hydrogens is 419 g/mol. The lowest BCUT2D eigenvalue weighted by atomic mass is 9.84. The summed E-state index contributed by atoms with van der Waals surface area (Å²) in [6.45, 7) is 4.29. The minimum atomic E-state index is -0.329. The summed E-state index contributed by atoms with van der Waals surface area (Å²) < 4.78 is 24.2. The van der Waals surface area contributed by atoms with E-state index >= 15 is 0 Å². The summed E-state index contributed by atoms with van der Waals surface area (Å²) in [6.07, 6.45) is 11.7. The van der Waals surface area contributed by atoms with Crippen LogP contribution < -0.4 is 0 Å². The van der Waals surface area contributed by atoms with Gasteiger partial charge in [-0.3, -0.25) is 9.59 Å². The molecule has 33 heavy (non-hydrogen) atoms. The number of ether oxygens (including phenoxy) is 2. The molecule has 0 N–H and O–H groups in total. The van der Waals surface area contributed by atoms with Gasteiger partial charge in [-0.2, -0.15) is 0 Å². The molecule has 1 heterocycles. The van der Waals surface area contributed by atoms with Gasteiger partial charge in [0.1, 0.15) is 11.6 Å². The van der Waals surface area contributed by atoms with Crippen LogP contribution in [-0.4, -0.2) is 18.7 Å². The van der Waals surface area contributed by atoms with Crippen LogP contribution in [0.3, 0.4) is 0 Å². The first kappa shape index (κ1) is 23.2. The first-order valence-electron chi connectivity index (χ1n) is 11.8. The Hall–Kier alpha value is -2.95. The van der Waals surface area contributed by atoms with Crippen LogP contribution in [0, 0.1) is 23.6 Å². The molecule has 4 rings (SSSR count). The molecule has 174 valence electrons. The highest BCUT2D eigenvalue weighted by Crippen LogP contribution is 2.37. The van der Waals surface area contributed by atoms with Crippen LogP contribution in [0.25, 0.3) is 0 Å². The van der Waals surface area contributed by atoms with Gasteiger partial charge in [0, 0.05) is 23.5 Å². The Morgan fingerprint density at radius 3 is 2.73 bits per heavy atom. The molecule has 1 aromatic rings. The molecule has 1 saturated carbocycles. The maximum atomic E-state index is 13.2. The number of methoxy groups -OCH3 is 1. The molecule has 0 radical (unpaired) electrons. The molecule has 0 amide bonds. The van der Waals surface area contributed by atoms with Crippen molar-refractivity contribution in [2.45, 2.75) is 51.4 Å². The summed E-state index contributed by atoms with van der Waals surface area (Å²) in [5, 5.41) is 0. The Morgan fingerprint density at radius 1 is 1.18 bits per heavy atom. The predicted molar refractivity (Wildman–Crippen MR) is 125 cm³/mol. The molecule has 1 fully saturated rings. The van der Waals surface area contributed by atoms with Gasteiger partial charge in [0.25, 0.3) is 0 Å². The smallest absolute Gasteiger partial charge is 0.173 e. The molecule has 1 aliphatic heterocycles. The highest BCUT2D eigenvalue weighted by Gasteiger charge is 2.34. The fourth-order valence-electron chi connectivity index (χ4n) is 5.07. The highest BCUT2D eigenvalue weighted by molar-refractivity contribution is 5.99. The standard InChI is InChI=1S/C28H31FO4/c1-18-6-7-20(27(30)21-10-12-23(29)13-11-21)9-8-19(18)4-3-5-22-17-33-26-15-14-24(32-2)16-25(26)28(22)31/h10-15,17,19-20,25H,1,3-9,16H2,2H3. The fraction of sp³-hybridized carbons (Fsp3) is 0.429. The van der Waals surface area contributed by atoms with Crippen LogP contribution in [-0.2, 0) is 14.3 Å². The summed E-state index contributed by atoms with van der Waals surface area (Å²) in [4.78, 5) is 25.8. The van der Waals surface area contributed by atoms with E-state index in [1.807, 2.05) is 12.2 Å². The Bertz CT molecular complexity index is 1010. The number of halogens is 1. The lowest BCUT2D eigenvalue weighted by Gasteiger charge is -2.27. The van der Waals surface area contributed by atoms with Crippen molar-refractivity contribution in [1.29, 1.82) is 0 Å². The third-order valence-electron chi connectivity index (χ3n) is 7.17. The van der Waals surface area contributed by atoms with Crippen molar-refractivity contribution >= 4 is 11.6 Å². The molecule has 3 atom stereocenters. The van der Waals surface area contributed by atoms with Crippen molar-refractivity contribution in [3.05, 3.63) is 83.3 Å². The number of carbonyl (C=O) groups is 2. The molecule has 0 saturated heterocycles. The summed E-state index contributed by atoms with van der Waals surface area (Å²) >= 11 is 0. The van der Waals surface area contributed by atoms with E-state index in [2.05, 4.69) is 6.58 Å². The summed E-state index contributed by atoms with van der Waals surface area (Å²) in [5.41, 5.74) is 2.51. The van der Waals surface area contributed by atoms with Gasteiger partial charge in [0.2, 0.25) is 0 Å². The number of Topliss-reactive ketones (excluding diaryl/α,β-unsaturated/α-hetero) is 2. The largest absolute Gasteiger partial charge is 0.501 e. The van der Waals surface area contributed by atoms with Gasteiger partial charge in [-0.25, -0.2) is 4.39 Å². The van der Waals surface area contributed by atoms with E-state index < -0.39 is 0 Å². The summed E-state index contributed by atoms with van der Waals surface area (Å²) in [5.74, 6) is 1.40. The van der Waals surface area contributed by atoms with Gasteiger partial charge in [0.15, 0.2) is 11.6 Å². The van der Waals surface area contributed by atoms with Crippen LogP contribution in [0.5, 0.6) is 0 Å². The van der Waals surface area contributed by atoms with Crippen molar-refractivity contribution in [3.8, 4) is 0 Å². The first-order valence-corrected chi connectivity index (χ1v) is 11.8. The van der Waals surface area contributed by atoms with E-state index in [1.54, 1.807) is 25.5 Å². The Labute approximate surface area is 194 Å². The van der Waals surface area contributed by atoms with E-state index in [-0.39, 0.29) is 29.2 Å². The van der Waals surface area contributed by atoms with Gasteiger partial charge in [-0.1, -0.05) is 12.2 Å². The number of benzene rings is 1. The number of hydrogen-bond donors (Lipinski definition) is 0. The number of carbonyl (C=O) groups excluding carboxylic acids is 2. The molecule has 3 unspecified atom stereocenters. The van der Waals surface area contributed by atoms with Gasteiger partial charge < -0.3 is 9.47 Å². The topological polar surface area (TPSA) is 52.6 Å². The molecule has 3 aliphatic rings. The average molecular weight is 451 g/mol. The number of fused-ring (bicyclic) bond motifs is 1. The third kappa shape index (κ3) is 5.35. The summed E-state index contributed by atoms with van der Waals surface area (Å²) in [7, 11) is 1.62. The number of rotatable bonds is 7. The molecule has 2 aliphatic carbocycles. The van der Waals surface area contributed by atoms with Gasteiger partial charge >= 0.3 is 0 Å². The van der Waals surface area contributed by atoms with Crippen molar-refractivity contribution in [1.82, 2.24) is 0 Å². The second-order valence-corrected chi connectivity index (χ2v) is 9.22. The minimum absolute atomic E-state index is 0.0483. The lowest BCUT2D eigenvalue weighted by Crippen LogP contribution is -2.26. The van der Waals surface area contributed by atoms with Crippen LogP contribution in [0.2, 0.25) is 0 Å². The van der Waals surface area contributed by atoms with E-state index in [4.69, 9.17) is 9.47 Å². The number of hydrogen-bond acceptors (Lipinski definition) is 4. The van der Waals surface area contributed by atoms with Gasteiger partial charge in [0.05, 0.1) is 25.0 Å². The van der Waals surface area contributed by atoms with Crippen molar-refractivity contribution in [3.63, 3.8) is 0 Å². The van der Waals surface area contributed by atoms with Gasteiger partial charge in [-0.05, 0) is 87.3 Å². The monoisotopic (exact) mass is 450 g/mol. The fourth-order valence-corrected chi connectivity index (χ4v) is 5.07. The Balaban J connectivity index is 1.29. The zero-order valence-electron chi connectivity index (χ0n) is 19.1. The minimum Gasteiger partial charge on any atom is -0.501 e. The SMILES string of the molecule is C=C1CCC(C(=O)c2ccc(F)cc2)CCC1CCCC1=COC2=CC=C(OC)CC2C1=O. The maximum Gasteiger partial charge on any atom is 0.173 e. The quantitative estimate of drug-likeness (QED) is 0.272. The zero-order chi connectivity index (χ0) is 23.4. The Morgan fingerprint density at radius 2 is 1.97 bits per heavy atom. The Kier molecular flexibility index (Phi) is 7.26. The lowest BCUT2D eigenvalue weighted by molar-refractivity contribution is -0.120. The average Bonchev–Trinajstić information content (AvgIpc) is 3.02. The molecule has 0 aromatic heterocycles. The molecule has 0 bridgehead atoms. The van der Waals surface area contributed by atoms with Crippen molar-refractivity contribution in [2.24, 2.45) is 17.8 Å². The number of allylic oxidation sites excluding steroid dienone is 6. The van der Waals surface area contributed by atoms with Crippen molar-refractivity contribution < 1.29 is 23.5 Å². The molecule has 0 spiro atoms. The third-order valence-corrected chi connectivity index (χ3v) is 7.17. The predicted octanol–water partition coefficient (Wildman–Crippen LogP) is 6.46. The van der Waals surface area contributed by atoms with E-state index in [1.165, 1.54) is 17.7 Å². The van der Waals surface area contributed by atoms with Crippen LogP contribution in [0.4, 0.5) is 4.39 Å². The van der Waals surface area contributed by atoms with Crippen LogP contribution in [0.15, 0.2) is 71.9 Å². The zero-order valence-corrected chi connectivity index (χ0v) is 19.1. The maximum absolute atomic E-state index is 13.2. The molecule has 4 nitrogen and oxygen atoms in total. The first-order chi connectivity index (χ1) is 16.0. The second-order valence-electron chi connectivity index (χ2n) is 9.22. The second kappa shape index (κ2) is 10.3. The van der Waals surface area contributed by atoms with Gasteiger partial charge in [-0.15, -0.1) is 0 Å². The highest BCUT2D eigenvalue weighted by atomic mass is 19.1. The van der Waals surface area contributed by atoms with E-state index in [0.29, 0.717) is 30.1 Å². The van der Waals surface area contributed by atoms with E-state index in [9.17, 15) is 14.0 Å². The van der Waals surface area contributed by atoms with Crippen LogP contribution >= 0.6 is 0 Å². The van der Waals surface area contributed by atoms with Crippen LogP contribution in [0.1, 0.15) is 61.7 Å². The number of ketones is 2. The normalized spacial score (nSPS) is 25.2. The van der Waals surface area contributed by atoms with Crippen molar-refractivity contribution in [2.75, 3.05) is 7.11 Å². The summed E-state index contributed by atoms with van der Waals surface area (Å²) in [6, 6.07) is 5.83. The molecular formula is C28H31FO4. The molecule has 1 aromatic carbocycles. The molecule has 5 heteroatoms.